The summed E-state index contributed by atoms with van der Waals surface area (Å²) in [5.74, 6) is -0.908. The molecule has 0 amide bonds. The van der Waals surface area contributed by atoms with Crippen molar-refractivity contribution in [3.63, 3.8) is 0 Å². The van der Waals surface area contributed by atoms with Crippen LogP contribution in [0.25, 0.3) is 0 Å². The lowest BCUT2D eigenvalue weighted by Gasteiger charge is -2.40. The molecule has 1 aromatic rings. The molecule has 1 spiro atoms. The molecule has 2 saturated heterocycles. The zero-order chi connectivity index (χ0) is 15.7. The zero-order valence-electron chi connectivity index (χ0n) is 13.0. The quantitative estimate of drug-likeness (QED) is 0.929. The highest BCUT2D eigenvalue weighted by molar-refractivity contribution is 6.31. The van der Waals surface area contributed by atoms with Crippen LogP contribution in [0.1, 0.15) is 18.4 Å². The third-order valence-electron chi connectivity index (χ3n) is 5.35. The van der Waals surface area contributed by atoms with Crippen LogP contribution in [0.4, 0.5) is 0 Å². The van der Waals surface area contributed by atoms with E-state index in [2.05, 4.69) is 16.8 Å². The van der Waals surface area contributed by atoms with Gasteiger partial charge in [-0.2, -0.15) is 0 Å². The van der Waals surface area contributed by atoms with E-state index in [1.807, 2.05) is 24.3 Å². The smallest absolute Gasteiger partial charge is 0.308 e. The number of halogens is 1. The van der Waals surface area contributed by atoms with E-state index in [0.29, 0.717) is 6.54 Å². The number of aliphatic carboxylic acids is 1. The number of carbonyl (C=O) groups is 1. The minimum absolute atomic E-state index is 0.0698. The molecule has 0 radical (unpaired) electrons. The number of rotatable bonds is 3. The van der Waals surface area contributed by atoms with Gasteiger partial charge >= 0.3 is 5.97 Å². The lowest BCUT2D eigenvalue weighted by molar-refractivity contribution is -0.145. The van der Waals surface area contributed by atoms with Crippen LogP contribution in [0, 0.1) is 11.3 Å². The Kier molecular flexibility index (Phi) is 4.44. The Labute approximate surface area is 136 Å². The summed E-state index contributed by atoms with van der Waals surface area (Å²) >= 11 is 6.25. The average molecular weight is 323 g/mol. The fourth-order valence-electron chi connectivity index (χ4n) is 3.97. The van der Waals surface area contributed by atoms with Gasteiger partial charge in [-0.1, -0.05) is 29.8 Å². The van der Waals surface area contributed by atoms with E-state index in [4.69, 9.17) is 11.6 Å². The van der Waals surface area contributed by atoms with Crippen molar-refractivity contribution < 1.29 is 9.90 Å². The van der Waals surface area contributed by atoms with E-state index < -0.39 is 5.97 Å². The van der Waals surface area contributed by atoms with Crippen molar-refractivity contribution >= 4 is 17.6 Å². The lowest BCUT2D eigenvalue weighted by atomic mass is 9.71. The maximum absolute atomic E-state index is 11.8. The zero-order valence-corrected chi connectivity index (χ0v) is 13.7. The van der Waals surface area contributed by atoms with Gasteiger partial charge in [0, 0.05) is 30.1 Å². The van der Waals surface area contributed by atoms with E-state index in [0.717, 1.165) is 49.6 Å². The second-order valence-corrected chi connectivity index (χ2v) is 7.22. The molecule has 2 aliphatic heterocycles. The second kappa shape index (κ2) is 6.19. The van der Waals surface area contributed by atoms with Crippen LogP contribution in [-0.4, -0.2) is 54.1 Å². The molecule has 22 heavy (non-hydrogen) atoms. The summed E-state index contributed by atoms with van der Waals surface area (Å²) < 4.78 is 0. The number of piperidine rings is 1. The predicted molar refractivity (Wildman–Crippen MR) is 87.0 cm³/mol. The second-order valence-electron chi connectivity index (χ2n) is 6.82. The number of nitrogens with zero attached hydrogens (tertiary/aromatic N) is 2. The molecule has 1 aromatic carbocycles. The minimum atomic E-state index is -0.647. The number of hydrogen-bond donors (Lipinski definition) is 1. The highest BCUT2D eigenvalue weighted by atomic mass is 35.5. The monoisotopic (exact) mass is 322 g/mol. The number of carboxylic acid groups (broad SMARTS) is 1. The van der Waals surface area contributed by atoms with Crippen molar-refractivity contribution in [3.05, 3.63) is 34.9 Å². The van der Waals surface area contributed by atoms with Gasteiger partial charge in [0.05, 0.1) is 5.92 Å². The lowest BCUT2D eigenvalue weighted by Crippen LogP contribution is -2.44. The summed E-state index contributed by atoms with van der Waals surface area (Å²) in [5, 5.41) is 10.4. The summed E-state index contributed by atoms with van der Waals surface area (Å²) in [5.41, 5.74) is 1.01. The predicted octanol–water partition coefficient (Wildman–Crippen LogP) is 2.57. The normalized spacial score (nSPS) is 25.6. The van der Waals surface area contributed by atoms with E-state index in [9.17, 15) is 9.90 Å². The molecule has 0 bridgehead atoms. The summed E-state index contributed by atoms with van der Waals surface area (Å²) in [6.07, 6.45) is 1.94. The Balaban J connectivity index is 1.76. The maximum Gasteiger partial charge on any atom is 0.308 e. The van der Waals surface area contributed by atoms with Gasteiger partial charge in [-0.05, 0) is 44.6 Å². The van der Waals surface area contributed by atoms with Gasteiger partial charge in [0.1, 0.15) is 0 Å². The fraction of sp³-hybridized carbons (Fsp3) is 0.588. The molecule has 120 valence electrons. The van der Waals surface area contributed by atoms with Crippen LogP contribution in [0.15, 0.2) is 24.3 Å². The first-order valence-corrected chi connectivity index (χ1v) is 8.25. The summed E-state index contributed by atoms with van der Waals surface area (Å²) in [7, 11) is 2.11. The topological polar surface area (TPSA) is 43.8 Å². The van der Waals surface area contributed by atoms with E-state index >= 15 is 0 Å². The third-order valence-corrected chi connectivity index (χ3v) is 5.72. The van der Waals surface area contributed by atoms with Crippen LogP contribution in [0.2, 0.25) is 5.02 Å². The van der Waals surface area contributed by atoms with Gasteiger partial charge < -0.3 is 10.0 Å². The first-order chi connectivity index (χ1) is 10.5. The average Bonchev–Trinajstić information content (AvgIpc) is 2.84. The van der Waals surface area contributed by atoms with Crippen LogP contribution < -0.4 is 0 Å². The number of hydrogen-bond acceptors (Lipinski definition) is 3. The SMILES string of the molecule is CN1CCC2(CC1)CN(Cc1ccccc1Cl)CC2C(=O)O. The van der Waals surface area contributed by atoms with Crippen molar-refractivity contribution in [2.45, 2.75) is 19.4 Å². The summed E-state index contributed by atoms with van der Waals surface area (Å²) in [6.45, 7) is 4.21. The molecule has 0 aromatic heterocycles. The number of likely N-dealkylation sites (tertiary alicyclic amines) is 2. The van der Waals surface area contributed by atoms with Crippen LogP contribution in [0.3, 0.4) is 0 Å². The van der Waals surface area contributed by atoms with Gasteiger partial charge in [0.2, 0.25) is 0 Å². The largest absolute Gasteiger partial charge is 0.481 e. The molecular formula is C17H23ClN2O2. The van der Waals surface area contributed by atoms with Crippen molar-refractivity contribution in [2.24, 2.45) is 11.3 Å². The molecule has 0 saturated carbocycles. The van der Waals surface area contributed by atoms with Crippen LogP contribution in [-0.2, 0) is 11.3 Å². The van der Waals surface area contributed by atoms with Crippen molar-refractivity contribution in [1.82, 2.24) is 9.80 Å². The van der Waals surface area contributed by atoms with Crippen LogP contribution >= 0.6 is 11.6 Å². The van der Waals surface area contributed by atoms with E-state index in [1.54, 1.807) is 0 Å². The van der Waals surface area contributed by atoms with Gasteiger partial charge in [0.25, 0.3) is 0 Å². The molecule has 3 rings (SSSR count). The molecule has 0 aliphatic carbocycles. The van der Waals surface area contributed by atoms with E-state index in [-0.39, 0.29) is 11.3 Å². The molecular weight excluding hydrogens is 300 g/mol. The summed E-state index contributed by atoms with van der Waals surface area (Å²) in [4.78, 5) is 16.3. The summed E-state index contributed by atoms with van der Waals surface area (Å²) in [6, 6.07) is 7.83. The number of benzene rings is 1. The van der Waals surface area contributed by atoms with Gasteiger partial charge in [-0.25, -0.2) is 0 Å². The van der Waals surface area contributed by atoms with Crippen molar-refractivity contribution in [1.29, 1.82) is 0 Å². The van der Waals surface area contributed by atoms with E-state index in [1.165, 1.54) is 0 Å². The Morgan fingerprint density at radius 3 is 2.68 bits per heavy atom. The molecule has 1 N–H and O–H groups in total. The highest BCUT2D eigenvalue weighted by Crippen LogP contribution is 2.45. The Morgan fingerprint density at radius 1 is 1.36 bits per heavy atom. The highest BCUT2D eigenvalue weighted by Gasteiger charge is 2.50. The molecule has 1 unspecified atom stereocenters. The Hall–Kier alpha value is -1.10. The molecule has 2 fully saturated rings. The molecule has 2 heterocycles. The van der Waals surface area contributed by atoms with Gasteiger partial charge in [-0.3, -0.25) is 9.69 Å². The Bertz CT molecular complexity index is 555. The minimum Gasteiger partial charge on any atom is -0.481 e. The standard InChI is InChI=1S/C17H23ClN2O2/c1-19-8-6-17(7-9-19)12-20(11-14(17)16(21)22)10-13-4-2-3-5-15(13)18/h2-5,14H,6-12H2,1H3,(H,21,22). The molecule has 5 heteroatoms. The van der Waals surface area contributed by atoms with Gasteiger partial charge in [0.15, 0.2) is 0 Å². The van der Waals surface area contributed by atoms with Crippen molar-refractivity contribution in [3.8, 4) is 0 Å². The van der Waals surface area contributed by atoms with Crippen molar-refractivity contribution in [2.75, 3.05) is 33.2 Å². The van der Waals surface area contributed by atoms with Gasteiger partial charge in [-0.15, -0.1) is 0 Å². The first-order valence-electron chi connectivity index (χ1n) is 7.87. The Morgan fingerprint density at radius 2 is 2.05 bits per heavy atom. The van der Waals surface area contributed by atoms with Crippen LogP contribution in [0.5, 0.6) is 0 Å². The molecule has 4 nitrogen and oxygen atoms in total. The number of carboxylic acids is 1. The maximum atomic E-state index is 11.8. The molecule has 2 aliphatic rings. The first kappa shape index (κ1) is 15.8. The molecule has 1 atom stereocenters. The third kappa shape index (κ3) is 3.00. The fourth-order valence-corrected chi connectivity index (χ4v) is 4.17.